The van der Waals surface area contributed by atoms with Gasteiger partial charge in [-0.25, -0.2) is 0 Å². The van der Waals surface area contributed by atoms with Gasteiger partial charge in [0.05, 0.1) is 0 Å². The van der Waals surface area contributed by atoms with Gasteiger partial charge >= 0.3 is 0 Å². The van der Waals surface area contributed by atoms with Gasteiger partial charge in [-0.3, -0.25) is 9.69 Å². The van der Waals surface area contributed by atoms with Crippen LogP contribution in [0.5, 0.6) is 5.75 Å². The fourth-order valence-electron chi connectivity index (χ4n) is 4.35. The first-order chi connectivity index (χ1) is 13.7. The highest BCUT2D eigenvalue weighted by molar-refractivity contribution is 5.85. The molecule has 1 saturated carbocycles. The maximum absolute atomic E-state index is 12.5. The van der Waals surface area contributed by atoms with Crippen LogP contribution in [0.15, 0.2) is 24.3 Å². The Hall–Kier alpha value is -1.05. The highest BCUT2D eigenvalue weighted by Gasteiger charge is 2.31. The average molecular weight is 462 g/mol. The van der Waals surface area contributed by atoms with Gasteiger partial charge in [0.1, 0.15) is 12.4 Å². The Morgan fingerprint density at radius 1 is 1.23 bits per heavy atom. The lowest BCUT2D eigenvalue weighted by Gasteiger charge is -2.31. The van der Waals surface area contributed by atoms with Gasteiger partial charge in [0.15, 0.2) is 0 Å². The van der Waals surface area contributed by atoms with Crippen LogP contribution in [-0.2, 0) is 16.1 Å². The molecule has 6 nitrogen and oxygen atoms in total. The van der Waals surface area contributed by atoms with Gasteiger partial charge in [0.25, 0.3) is 0 Å². The average Bonchev–Trinajstić information content (AvgIpc) is 3.22. The molecular weight excluding hydrogens is 425 g/mol. The number of nitrogens with two attached hydrogens (primary N) is 1. The van der Waals surface area contributed by atoms with Gasteiger partial charge in [-0.1, -0.05) is 18.6 Å². The van der Waals surface area contributed by atoms with E-state index < -0.39 is 0 Å². The van der Waals surface area contributed by atoms with E-state index in [1.807, 2.05) is 24.3 Å². The van der Waals surface area contributed by atoms with Crippen molar-refractivity contribution >= 4 is 30.7 Å². The number of carbonyl (C=O) groups excluding carboxylic acids is 1. The summed E-state index contributed by atoms with van der Waals surface area (Å²) in [5.74, 6) is 1.40. The molecular formula is C22H37Cl2N3O3. The Bertz CT molecular complexity index is 629. The summed E-state index contributed by atoms with van der Waals surface area (Å²) < 4.78 is 11.4. The lowest BCUT2D eigenvalue weighted by atomic mass is 9.95. The zero-order valence-electron chi connectivity index (χ0n) is 17.9. The molecule has 0 bridgehead atoms. The molecule has 2 aliphatic rings. The standard InChI is InChI=1S/C22H35N3O3.2ClH/c1-25(19-8-11-27-12-9-19)10-13-28-20-6-2-4-17(14-20)16-24-22(26)21-7-3-5-18(21)15-23;;/h2,4,6,14,18-19,21H,3,5,7-13,15-16,23H2,1H3,(H,24,26);2*1H/t18-,21-;;/m1../s1. The number of nitrogens with zero attached hydrogens (tertiary/aromatic N) is 1. The van der Waals surface area contributed by atoms with Crippen LogP contribution in [0.1, 0.15) is 37.7 Å². The molecule has 3 rings (SSSR count). The Labute approximate surface area is 193 Å². The van der Waals surface area contributed by atoms with Crippen LogP contribution in [0.2, 0.25) is 0 Å². The highest BCUT2D eigenvalue weighted by atomic mass is 35.5. The minimum absolute atomic E-state index is 0. The summed E-state index contributed by atoms with van der Waals surface area (Å²) in [6.45, 7) is 4.40. The number of amides is 1. The smallest absolute Gasteiger partial charge is 0.223 e. The van der Waals surface area contributed by atoms with Gasteiger partial charge in [-0.15, -0.1) is 24.8 Å². The summed E-state index contributed by atoms with van der Waals surface area (Å²) in [5.41, 5.74) is 6.86. The zero-order valence-corrected chi connectivity index (χ0v) is 19.5. The number of halogens is 2. The minimum Gasteiger partial charge on any atom is -0.492 e. The number of likely N-dealkylation sites (N-methyl/N-ethyl adjacent to an activating group) is 1. The molecule has 1 aliphatic heterocycles. The molecule has 1 aromatic carbocycles. The molecule has 0 radical (unpaired) electrons. The van der Waals surface area contributed by atoms with Crippen molar-refractivity contribution in [2.45, 2.75) is 44.7 Å². The van der Waals surface area contributed by atoms with Crippen molar-refractivity contribution in [1.29, 1.82) is 0 Å². The van der Waals surface area contributed by atoms with Crippen molar-refractivity contribution in [3.8, 4) is 5.75 Å². The Balaban J connectivity index is 0.00000225. The summed E-state index contributed by atoms with van der Waals surface area (Å²) in [5, 5.41) is 3.08. The molecule has 2 fully saturated rings. The van der Waals surface area contributed by atoms with Gasteiger partial charge in [-0.05, 0) is 62.9 Å². The number of carbonyl (C=O) groups is 1. The molecule has 1 aromatic rings. The van der Waals surface area contributed by atoms with Crippen molar-refractivity contribution in [1.82, 2.24) is 10.2 Å². The molecule has 0 aromatic heterocycles. The molecule has 1 aliphatic carbocycles. The van der Waals surface area contributed by atoms with Crippen LogP contribution in [0.25, 0.3) is 0 Å². The first-order valence-electron chi connectivity index (χ1n) is 10.6. The molecule has 172 valence electrons. The van der Waals surface area contributed by atoms with Crippen molar-refractivity contribution in [3.63, 3.8) is 0 Å². The summed E-state index contributed by atoms with van der Waals surface area (Å²) >= 11 is 0. The third kappa shape index (κ3) is 7.89. The molecule has 0 spiro atoms. The quantitative estimate of drug-likeness (QED) is 0.590. The second kappa shape index (κ2) is 14.1. The molecule has 3 N–H and O–H groups in total. The Morgan fingerprint density at radius 3 is 2.73 bits per heavy atom. The van der Waals surface area contributed by atoms with Crippen LogP contribution >= 0.6 is 24.8 Å². The van der Waals surface area contributed by atoms with Gasteiger partial charge in [0.2, 0.25) is 5.91 Å². The van der Waals surface area contributed by atoms with E-state index in [0.717, 1.165) is 63.2 Å². The molecule has 1 heterocycles. The van der Waals surface area contributed by atoms with E-state index in [9.17, 15) is 4.79 Å². The fraction of sp³-hybridized carbons (Fsp3) is 0.682. The predicted octanol–water partition coefficient (Wildman–Crippen LogP) is 3.01. The number of hydrogen-bond acceptors (Lipinski definition) is 5. The topological polar surface area (TPSA) is 76.8 Å². The molecule has 0 unspecified atom stereocenters. The predicted molar refractivity (Wildman–Crippen MR) is 125 cm³/mol. The third-order valence-corrected chi connectivity index (χ3v) is 6.19. The second-order valence-electron chi connectivity index (χ2n) is 8.07. The van der Waals surface area contributed by atoms with E-state index in [-0.39, 0.29) is 36.6 Å². The summed E-state index contributed by atoms with van der Waals surface area (Å²) in [6.07, 6.45) is 5.32. The highest BCUT2D eigenvalue weighted by Crippen LogP contribution is 2.31. The van der Waals surface area contributed by atoms with Gasteiger partial charge < -0.3 is 20.5 Å². The number of ether oxygens (including phenoxy) is 2. The van der Waals surface area contributed by atoms with Crippen molar-refractivity contribution < 1.29 is 14.3 Å². The number of nitrogens with one attached hydrogen (secondary N) is 1. The number of rotatable bonds is 9. The van der Waals surface area contributed by atoms with Crippen LogP contribution in [-0.4, -0.2) is 56.8 Å². The van der Waals surface area contributed by atoms with E-state index >= 15 is 0 Å². The second-order valence-corrected chi connectivity index (χ2v) is 8.07. The van der Waals surface area contributed by atoms with Crippen molar-refractivity contribution in [2.75, 3.05) is 40.0 Å². The van der Waals surface area contributed by atoms with E-state index in [0.29, 0.717) is 31.7 Å². The lowest BCUT2D eigenvalue weighted by Crippen LogP contribution is -2.38. The summed E-state index contributed by atoms with van der Waals surface area (Å²) in [7, 11) is 2.16. The maximum Gasteiger partial charge on any atom is 0.223 e. The molecule has 2 atom stereocenters. The summed E-state index contributed by atoms with van der Waals surface area (Å²) in [4.78, 5) is 14.8. The monoisotopic (exact) mass is 461 g/mol. The lowest BCUT2D eigenvalue weighted by molar-refractivity contribution is -0.126. The third-order valence-electron chi connectivity index (χ3n) is 6.19. The van der Waals surface area contributed by atoms with Crippen LogP contribution < -0.4 is 15.8 Å². The van der Waals surface area contributed by atoms with E-state index in [4.69, 9.17) is 15.2 Å². The van der Waals surface area contributed by atoms with Crippen molar-refractivity contribution in [3.05, 3.63) is 29.8 Å². The van der Waals surface area contributed by atoms with Crippen molar-refractivity contribution in [2.24, 2.45) is 17.6 Å². The number of benzene rings is 1. The molecule has 30 heavy (non-hydrogen) atoms. The first kappa shape index (κ1) is 27.0. The maximum atomic E-state index is 12.5. The van der Waals surface area contributed by atoms with Crippen LogP contribution in [0.4, 0.5) is 0 Å². The normalized spacial score (nSPS) is 21.6. The van der Waals surface area contributed by atoms with Crippen LogP contribution in [0, 0.1) is 11.8 Å². The minimum atomic E-state index is 0. The van der Waals surface area contributed by atoms with Gasteiger partial charge in [-0.2, -0.15) is 0 Å². The van der Waals surface area contributed by atoms with Crippen LogP contribution in [0.3, 0.4) is 0 Å². The first-order valence-corrected chi connectivity index (χ1v) is 10.6. The Kier molecular flexibility index (Phi) is 12.7. The number of hydrogen-bond donors (Lipinski definition) is 2. The Morgan fingerprint density at radius 2 is 2.00 bits per heavy atom. The molecule has 1 saturated heterocycles. The fourth-order valence-corrected chi connectivity index (χ4v) is 4.35. The SMILES string of the molecule is CN(CCOc1cccc(CNC(=O)[C@@H]2CCC[C@@H]2CN)c1)C1CCOCC1.Cl.Cl. The largest absolute Gasteiger partial charge is 0.492 e. The van der Waals surface area contributed by atoms with Gasteiger partial charge in [0, 0.05) is 38.3 Å². The van der Waals surface area contributed by atoms with E-state index in [1.165, 1.54) is 0 Å². The molecule has 1 amide bonds. The summed E-state index contributed by atoms with van der Waals surface area (Å²) in [6, 6.07) is 8.59. The molecule has 8 heteroatoms. The van der Waals surface area contributed by atoms with E-state index in [2.05, 4.69) is 17.3 Å². The zero-order chi connectivity index (χ0) is 19.8. The van der Waals surface area contributed by atoms with E-state index in [1.54, 1.807) is 0 Å².